The summed E-state index contributed by atoms with van der Waals surface area (Å²) in [5.41, 5.74) is 7.16. The maximum atomic E-state index is 13.4. The van der Waals surface area contributed by atoms with Gasteiger partial charge in [0, 0.05) is 56.8 Å². The van der Waals surface area contributed by atoms with Crippen molar-refractivity contribution in [1.29, 1.82) is 0 Å². The van der Waals surface area contributed by atoms with E-state index in [0.29, 0.717) is 36.4 Å². The molecule has 7 fully saturated rings. The zero-order valence-electron chi connectivity index (χ0n) is 23.6. The summed E-state index contributed by atoms with van der Waals surface area (Å²) in [5.74, 6) is 2.31. The molecule has 38 heavy (non-hydrogen) atoms. The number of rotatable bonds is 1. The maximum Gasteiger partial charge on any atom is 0.338 e. The SMILES string of the molecule is COC1CCC2CC3CCC4C(NNN4CCCCOC4CCC5OS(=O)(=O)N(CC5C4)[C@@H](C)C1C2)C3C. The molecular formula is C28H50N4O5S. The number of hydrogen-bond donors (Lipinski definition) is 2. The van der Waals surface area contributed by atoms with Gasteiger partial charge in [-0.15, -0.1) is 0 Å². The zero-order chi connectivity index (χ0) is 26.4. The average Bonchev–Trinajstić information content (AvgIpc) is 3.32. The van der Waals surface area contributed by atoms with E-state index in [-0.39, 0.29) is 36.2 Å². The summed E-state index contributed by atoms with van der Waals surface area (Å²) in [6.45, 7) is 6.90. The molecule has 4 heterocycles. The Balaban J connectivity index is 1.24. The second-order valence-electron chi connectivity index (χ2n) is 13.3. The van der Waals surface area contributed by atoms with Crippen molar-refractivity contribution in [3.63, 3.8) is 0 Å². The summed E-state index contributed by atoms with van der Waals surface area (Å²) >= 11 is 0. The standard InChI is InChI=1S/C28H50N4O5S/c1-18-21-7-9-25-28(18)29-30-31(25)12-4-5-13-36-23-8-11-26-22(16-23)17-32(38(33,34)37-26)19(2)24-15-20(14-21)6-10-27(24)35-3/h18-30H,4-17H2,1-3H3/t18?,19-,20?,21?,22?,23?,24?,25?,26?,27?,28?/m0/s1. The third-order valence-electron chi connectivity index (χ3n) is 11.2. The molecule has 3 saturated carbocycles. The summed E-state index contributed by atoms with van der Waals surface area (Å²) in [7, 11) is -1.96. The van der Waals surface area contributed by atoms with Crippen molar-refractivity contribution in [3.05, 3.63) is 0 Å². The first-order chi connectivity index (χ1) is 18.3. The van der Waals surface area contributed by atoms with E-state index in [2.05, 4.69) is 29.8 Å². The highest BCUT2D eigenvalue weighted by Gasteiger charge is 2.49. The molecule has 7 aliphatic rings. The minimum absolute atomic E-state index is 0.0943. The summed E-state index contributed by atoms with van der Waals surface area (Å²) in [4.78, 5) is 0. The molecule has 0 amide bonds. The second-order valence-corrected chi connectivity index (χ2v) is 14.8. The van der Waals surface area contributed by atoms with E-state index in [1.807, 2.05) is 0 Å². The van der Waals surface area contributed by atoms with Gasteiger partial charge in [-0.1, -0.05) is 6.92 Å². The fraction of sp³-hybridized carbons (Fsp3) is 1.00. The second kappa shape index (κ2) is 11.5. The number of nitrogens with one attached hydrogen (secondary N) is 2. The maximum absolute atomic E-state index is 13.4. The topological polar surface area (TPSA) is 92.4 Å². The number of fused-ring (bicyclic) bond motifs is 5. The van der Waals surface area contributed by atoms with Gasteiger partial charge in [0.25, 0.3) is 0 Å². The van der Waals surface area contributed by atoms with Crippen LogP contribution in [0, 0.1) is 29.6 Å². The van der Waals surface area contributed by atoms with Crippen molar-refractivity contribution >= 4 is 10.3 Å². The van der Waals surface area contributed by atoms with Crippen LogP contribution in [0.3, 0.4) is 0 Å². The van der Waals surface area contributed by atoms with Crippen LogP contribution in [-0.4, -0.2) is 81.0 Å². The molecular weight excluding hydrogens is 504 g/mol. The molecule has 2 N–H and O–H groups in total. The van der Waals surface area contributed by atoms with Crippen LogP contribution in [0.5, 0.6) is 0 Å². The number of hydrogen-bond acceptors (Lipinski definition) is 8. The first-order valence-corrected chi connectivity index (χ1v) is 16.8. The molecule has 4 saturated heterocycles. The van der Waals surface area contributed by atoms with Gasteiger partial charge in [0.1, 0.15) is 0 Å². The fourth-order valence-corrected chi connectivity index (χ4v) is 10.6. The first-order valence-electron chi connectivity index (χ1n) is 15.5. The molecule has 7 rings (SSSR count). The van der Waals surface area contributed by atoms with E-state index in [1.165, 1.54) is 25.7 Å². The molecule has 10 heteroatoms. The van der Waals surface area contributed by atoms with E-state index in [9.17, 15) is 8.42 Å². The molecule has 0 spiro atoms. The monoisotopic (exact) mass is 554 g/mol. The van der Waals surface area contributed by atoms with Crippen LogP contribution < -0.4 is 11.0 Å². The van der Waals surface area contributed by atoms with Gasteiger partial charge in [0.2, 0.25) is 0 Å². The smallest absolute Gasteiger partial charge is 0.338 e. The van der Waals surface area contributed by atoms with Crippen LogP contribution in [0.25, 0.3) is 0 Å². The normalized spacial score (nSPS) is 51.5. The van der Waals surface area contributed by atoms with Crippen molar-refractivity contribution in [1.82, 2.24) is 20.3 Å². The highest BCUT2D eigenvalue weighted by Crippen LogP contribution is 2.45. The fourth-order valence-electron chi connectivity index (χ4n) is 8.97. The minimum atomic E-state index is -3.75. The molecule has 0 radical (unpaired) electrons. The zero-order valence-corrected chi connectivity index (χ0v) is 24.4. The van der Waals surface area contributed by atoms with Gasteiger partial charge in [-0.3, -0.25) is 4.18 Å². The molecule has 3 aliphatic carbocycles. The molecule has 218 valence electrons. The molecule has 12 unspecified atom stereocenters. The molecule has 4 aliphatic heterocycles. The van der Waals surface area contributed by atoms with Gasteiger partial charge in [-0.2, -0.15) is 18.3 Å². The third kappa shape index (κ3) is 5.45. The van der Waals surface area contributed by atoms with Gasteiger partial charge in [-0.25, -0.2) is 10.4 Å². The largest absolute Gasteiger partial charge is 0.381 e. The number of methoxy groups -OCH3 is 1. The van der Waals surface area contributed by atoms with Gasteiger partial charge >= 0.3 is 10.3 Å². The van der Waals surface area contributed by atoms with Crippen molar-refractivity contribution < 1.29 is 22.1 Å². The lowest BCUT2D eigenvalue weighted by molar-refractivity contribution is -0.0607. The lowest BCUT2D eigenvalue weighted by Gasteiger charge is -2.48. The number of hydrazine groups is 2. The predicted octanol–water partition coefficient (Wildman–Crippen LogP) is 3.23. The summed E-state index contributed by atoms with van der Waals surface area (Å²) in [5, 5.41) is 2.46. The van der Waals surface area contributed by atoms with E-state index >= 15 is 0 Å². The Morgan fingerprint density at radius 1 is 0.947 bits per heavy atom. The van der Waals surface area contributed by atoms with Gasteiger partial charge in [-0.05, 0) is 95.3 Å². The molecule has 9 nitrogen and oxygen atoms in total. The molecule has 9 bridgehead atoms. The van der Waals surface area contributed by atoms with Crippen molar-refractivity contribution in [2.75, 3.05) is 26.8 Å². The van der Waals surface area contributed by atoms with Gasteiger partial charge < -0.3 is 9.47 Å². The molecule has 0 aromatic heterocycles. The lowest BCUT2D eigenvalue weighted by atomic mass is 9.67. The quantitative estimate of drug-likeness (QED) is 0.511. The van der Waals surface area contributed by atoms with Gasteiger partial charge in [0.15, 0.2) is 0 Å². The minimum Gasteiger partial charge on any atom is -0.381 e. The highest BCUT2D eigenvalue weighted by molar-refractivity contribution is 7.84. The number of nitrogens with zero attached hydrogens (tertiary/aromatic N) is 2. The Hall–Kier alpha value is -0.330. The highest BCUT2D eigenvalue weighted by atomic mass is 32.2. The first kappa shape index (κ1) is 27.8. The lowest BCUT2D eigenvalue weighted by Crippen LogP contribution is -2.57. The van der Waals surface area contributed by atoms with Crippen molar-refractivity contribution in [3.8, 4) is 0 Å². The van der Waals surface area contributed by atoms with Crippen LogP contribution in [-0.2, 0) is 24.0 Å². The Morgan fingerprint density at radius 3 is 2.66 bits per heavy atom. The van der Waals surface area contributed by atoms with Crippen molar-refractivity contribution in [2.45, 2.75) is 121 Å². The summed E-state index contributed by atoms with van der Waals surface area (Å²) < 4.78 is 46.6. The molecule has 0 aromatic carbocycles. The van der Waals surface area contributed by atoms with E-state index in [0.717, 1.165) is 58.1 Å². The van der Waals surface area contributed by atoms with Crippen molar-refractivity contribution in [2.24, 2.45) is 29.6 Å². The molecule has 0 aromatic rings. The summed E-state index contributed by atoms with van der Waals surface area (Å²) in [6.07, 6.45) is 11.7. The van der Waals surface area contributed by atoms with Crippen LogP contribution in [0.4, 0.5) is 0 Å². The van der Waals surface area contributed by atoms with Crippen LogP contribution >= 0.6 is 0 Å². The number of ether oxygens (including phenoxy) is 2. The summed E-state index contributed by atoms with van der Waals surface area (Å²) in [6, 6.07) is 0.920. The Bertz CT molecular complexity index is 923. The van der Waals surface area contributed by atoms with Crippen LogP contribution in [0.15, 0.2) is 0 Å². The Morgan fingerprint density at radius 2 is 1.82 bits per heavy atom. The predicted molar refractivity (Wildman–Crippen MR) is 145 cm³/mol. The Labute approximate surface area is 229 Å². The third-order valence-corrected chi connectivity index (χ3v) is 12.8. The van der Waals surface area contributed by atoms with E-state index in [4.69, 9.17) is 13.7 Å². The average molecular weight is 555 g/mol. The van der Waals surface area contributed by atoms with Gasteiger partial charge in [0.05, 0.1) is 18.3 Å². The Kier molecular flexibility index (Phi) is 8.43. The van der Waals surface area contributed by atoms with Crippen LogP contribution in [0.2, 0.25) is 0 Å². The van der Waals surface area contributed by atoms with E-state index in [1.54, 1.807) is 11.4 Å². The van der Waals surface area contributed by atoms with Crippen LogP contribution in [0.1, 0.15) is 84.5 Å². The molecule has 13 atom stereocenters. The van der Waals surface area contributed by atoms with E-state index < -0.39 is 10.3 Å².